The maximum Gasteiger partial charge on any atom is 0.354 e. The lowest BCUT2D eigenvalue weighted by Gasteiger charge is -2.18. The molecule has 0 bridgehead atoms. The van der Waals surface area contributed by atoms with Crippen LogP contribution >= 0.6 is 0 Å². The Balaban J connectivity index is 1.53. The Morgan fingerprint density at radius 1 is 1.11 bits per heavy atom. The zero-order chi connectivity index (χ0) is 26.4. The van der Waals surface area contributed by atoms with Crippen LogP contribution in [0.5, 0.6) is 0 Å². The van der Waals surface area contributed by atoms with Crippen molar-refractivity contribution in [1.82, 2.24) is 9.78 Å². The number of allylic oxidation sites excluding steroid dienone is 1. The van der Waals surface area contributed by atoms with Crippen molar-refractivity contribution in [2.24, 2.45) is 9.50 Å². The van der Waals surface area contributed by atoms with Crippen molar-refractivity contribution in [3.8, 4) is 5.69 Å². The van der Waals surface area contributed by atoms with Crippen LogP contribution in [0.3, 0.4) is 0 Å². The number of nitrogens with two attached hydrogens (primary N) is 1. The molecule has 0 saturated heterocycles. The molecule has 37 heavy (non-hydrogen) atoms. The second kappa shape index (κ2) is 9.55. The van der Waals surface area contributed by atoms with Crippen molar-refractivity contribution in [2.75, 3.05) is 5.32 Å². The fourth-order valence-corrected chi connectivity index (χ4v) is 6.39. The first-order valence-corrected chi connectivity index (χ1v) is 14.2. The molecular formula is C28H33N5O3S. The first kappa shape index (κ1) is 25.4. The lowest BCUT2D eigenvalue weighted by atomic mass is 9.91. The third-order valence-electron chi connectivity index (χ3n) is 7.09. The predicted octanol–water partition coefficient (Wildman–Crippen LogP) is 5.04. The van der Waals surface area contributed by atoms with Crippen molar-refractivity contribution < 1.29 is 14.1 Å². The average Bonchev–Trinajstić information content (AvgIpc) is 3.60. The van der Waals surface area contributed by atoms with Gasteiger partial charge in [-0.15, -0.1) is 4.36 Å². The molecule has 1 heterocycles. The molecule has 2 aliphatic rings. The molecule has 194 valence electrons. The van der Waals surface area contributed by atoms with Crippen LogP contribution in [0.1, 0.15) is 67.1 Å². The number of nitrogens with zero attached hydrogens (tertiary/aromatic N) is 3. The number of hydrogen-bond acceptors (Lipinski definition) is 4. The molecule has 0 spiro atoms. The number of anilines is 1. The molecule has 1 unspecified atom stereocenters. The van der Waals surface area contributed by atoms with Gasteiger partial charge in [0.05, 0.1) is 11.4 Å². The largest absolute Gasteiger partial charge is 0.384 e. The number of carbonyl (C=O) groups excluding carboxylic acids is 1. The molecular weight excluding hydrogens is 486 g/mol. The summed E-state index contributed by atoms with van der Waals surface area (Å²) in [7, 11) is -3.69. The molecule has 8 nitrogen and oxygen atoms in total. The Labute approximate surface area is 217 Å². The molecule has 1 aromatic heterocycles. The quantitative estimate of drug-likeness (QED) is 0.437. The van der Waals surface area contributed by atoms with Gasteiger partial charge in [-0.05, 0) is 99.2 Å². The summed E-state index contributed by atoms with van der Waals surface area (Å²) >= 11 is 0. The molecule has 9 heteroatoms. The molecule has 0 radical (unpaired) electrons. The molecule has 1 atom stereocenters. The van der Waals surface area contributed by atoms with Gasteiger partial charge in [0.15, 0.2) is 14.9 Å². The van der Waals surface area contributed by atoms with Gasteiger partial charge in [-0.1, -0.05) is 30.4 Å². The van der Waals surface area contributed by atoms with Crippen molar-refractivity contribution >= 4 is 27.7 Å². The molecule has 0 fully saturated rings. The Morgan fingerprint density at radius 3 is 2.27 bits per heavy atom. The predicted molar refractivity (Wildman–Crippen MR) is 146 cm³/mol. The topological polar surface area (TPSA) is 123 Å². The van der Waals surface area contributed by atoms with Crippen LogP contribution < -0.4 is 10.5 Å². The minimum absolute atomic E-state index is 0.0671. The fourth-order valence-electron chi connectivity index (χ4n) is 5.52. The first-order valence-electron chi connectivity index (χ1n) is 12.7. The van der Waals surface area contributed by atoms with Gasteiger partial charge in [-0.2, -0.15) is 5.10 Å². The van der Waals surface area contributed by atoms with E-state index in [4.69, 9.17) is 5.14 Å². The highest BCUT2D eigenvalue weighted by molar-refractivity contribution is 7.91. The number of hydrogen-bond donors (Lipinski definition) is 3. The average molecular weight is 520 g/mol. The summed E-state index contributed by atoms with van der Waals surface area (Å²) in [6, 6.07) is 9.85. The Hall–Kier alpha value is -3.27. The number of amides is 2. The van der Waals surface area contributed by atoms with Gasteiger partial charge < -0.3 is 10.4 Å². The van der Waals surface area contributed by atoms with Gasteiger partial charge in [0.1, 0.15) is 5.60 Å². The summed E-state index contributed by atoms with van der Waals surface area (Å²) < 4.78 is 18.9. The molecule has 3 aromatic rings. The SMILES string of the molecule is C/C=C/c1c2c(c(NC(=O)N=S(N)(=O)c3cc(C(C)(C)O)n(-c4ccccc4)n3)c3c1CCC3)CCC2. The smallest absolute Gasteiger partial charge is 0.354 e. The fraction of sp³-hybridized carbons (Fsp3) is 0.357. The molecule has 2 aromatic carbocycles. The number of nitrogens with one attached hydrogen (secondary N) is 1. The third-order valence-corrected chi connectivity index (χ3v) is 8.32. The van der Waals surface area contributed by atoms with E-state index in [9.17, 15) is 14.1 Å². The number of para-hydroxylation sites is 1. The number of aromatic nitrogens is 2. The van der Waals surface area contributed by atoms with E-state index >= 15 is 0 Å². The zero-order valence-electron chi connectivity index (χ0n) is 21.5. The molecule has 2 amide bonds. The van der Waals surface area contributed by atoms with E-state index in [0.717, 1.165) is 55.3 Å². The summed E-state index contributed by atoms with van der Waals surface area (Å²) in [6.07, 6.45) is 10.0. The van der Waals surface area contributed by atoms with Crippen molar-refractivity contribution in [3.05, 3.63) is 76.0 Å². The van der Waals surface area contributed by atoms with Gasteiger partial charge in [-0.3, -0.25) is 0 Å². The van der Waals surface area contributed by atoms with Crippen molar-refractivity contribution in [3.63, 3.8) is 0 Å². The second-order valence-electron chi connectivity index (χ2n) is 10.2. The second-order valence-corrected chi connectivity index (χ2v) is 11.9. The van der Waals surface area contributed by atoms with Crippen LogP contribution in [0, 0.1) is 0 Å². The van der Waals surface area contributed by atoms with E-state index in [2.05, 4.69) is 26.9 Å². The number of carbonyl (C=O) groups is 1. The van der Waals surface area contributed by atoms with E-state index in [1.54, 1.807) is 13.8 Å². The van der Waals surface area contributed by atoms with Crippen LogP contribution in [-0.2, 0) is 41.2 Å². The summed E-state index contributed by atoms with van der Waals surface area (Å²) in [4.78, 5) is 13.1. The summed E-state index contributed by atoms with van der Waals surface area (Å²) in [5.74, 6) is 0. The monoisotopic (exact) mass is 519 g/mol. The van der Waals surface area contributed by atoms with Crippen LogP contribution in [0.15, 0.2) is 51.9 Å². The minimum atomic E-state index is -3.69. The first-order chi connectivity index (χ1) is 17.6. The van der Waals surface area contributed by atoms with Crippen LogP contribution in [-0.4, -0.2) is 25.1 Å². The summed E-state index contributed by atoms with van der Waals surface area (Å²) in [6.45, 7) is 5.24. The Bertz CT molecular complexity index is 1490. The summed E-state index contributed by atoms with van der Waals surface area (Å²) in [5.41, 5.74) is 6.74. The van der Waals surface area contributed by atoms with Gasteiger partial charge in [-0.25, -0.2) is 18.8 Å². The lowest BCUT2D eigenvalue weighted by molar-refractivity contribution is 0.0711. The van der Waals surface area contributed by atoms with Gasteiger partial charge in [0.25, 0.3) is 0 Å². The van der Waals surface area contributed by atoms with E-state index in [0.29, 0.717) is 11.4 Å². The molecule has 0 saturated carbocycles. The maximum absolute atomic E-state index is 13.5. The number of fused-ring (bicyclic) bond motifs is 2. The lowest BCUT2D eigenvalue weighted by Crippen LogP contribution is -2.20. The number of urea groups is 1. The zero-order valence-corrected chi connectivity index (χ0v) is 22.3. The number of aliphatic hydroxyl groups is 1. The third kappa shape index (κ3) is 4.74. The van der Waals surface area contributed by atoms with Gasteiger partial charge >= 0.3 is 6.03 Å². The van der Waals surface area contributed by atoms with E-state index in [-0.39, 0.29) is 5.03 Å². The summed E-state index contributed by atoms with van der Waals surface area (Å²) in [5, 5.41) is 24.1. The van der Waals surface area contributed by atoms with E-state index < -0.39 is 21.5 Å². The normalized spacial score (nSPS) is 16.5. The van der Waals surface area contributed by atoms with Crippen molar-refractivity contribution in [2.45, 2.75) is 69.9 Å². The van der Waals surface area contributed by atoms with E-state index in [1.165, 1.54) is 27.4 Å². The Morgan fingerprint density at radius 2 is 1.70 bits per heavy atom. The highest BCUT2D eigenvalue weighted by Gasteiger charge is 2.30. The number of benzene rings is 2. The standard InChI is InChI=1S/C28H33N5O3S/c1-4-10-19-20-13-8-15-22(20)26(23-16-9-14-21(19)23)30-27(34)32-37(29,36)25-17-24(28(2,3)35)33(31-25)18-11-6-5-7-12-18/h4-7,10-12,17,35H,8-9,13-16H2,1-3H3,(H3,29,30,32,34,36)/b10-4+. The number of rotatable bonds is 5. The maximum atomic E-state index is 13.5. The van der Waals surface area contributed by atoms with Crippen LogP contribution in [0.4, 0.5) is 10.5 Å². The molecule has 0 aliphatic heterocycles. The molecule has 4 N–H and O–H groups in total. The molecule has 2 aliphatic carbocycles. The highest BCUT2D eigenvalue weighted by Crippen LogP contribution is 2.42. The highest BCUT2D eigenvalue weighted by atomic mass is 32.2. The van der Waals surface area contributed by atoms with E-state index in [1.807, 2.05) is 37.3 Å². The van der Waals surface area contributed by atoms with Crippen LogP contribution in [0.25, 0.3) is 11.8 Å². The van der Waals surface area contributed by atoms with Gasteiger partial charge in [0, 0.05) is 11.8 Å². The van der Waals surface area contributed by atoms with Crippen molar-refractivity contribution in [1.29, 1.82) is 0 Å². The Kier molecular flexibility index (Phi) is 6.55. The van der Waals surface area contributed by atoms with Gasteiger partial charge in [0.2, 0.25) is 0 Å². The van der Waals surface area contributed by atoms with Crippen LogP contribution in [0.2, 0.25) is 0 Å². The minimum Gasteiger partial charge on any atom is -0.384 e. The molecule has 5 rings (SSSR count).